The molecule has 1 N–H and O–H groups in total. The Kier molecular flexibility index (Phi) is 3.64. The molecule has 1 fully saturated rings. The Balaban J connectivity index is 1.94. The van der Waals surface area contributed by atoms with Crippen molar-refractivity contribution in [2.24, 2.45) is 13.0 Å². The summed E-state index contributed by atoms with van der Waals surface area (Å²) in [6.07, 6.45) is 9.49. The van der Waals surface area contributed by atoms with Crippen LogP contribution >= 0.6 is 0 Å². The topological polar surface area (TPSA) is 29.9 Å². The molecule has 90 valence electrons. The Morgan fingerprint density at radius 3 is 3.00 bits per heavy atom. The number of nitrogens with one attached hydrogen (secondary N) is 1. The highest BCUT2D eigenvalue weighted by atomic mass is 15.2. The molecule has 1 saturated carbocycles. The summed E-state index contributed by atoms with van der Waals surface area (Å²) in [5, 5.41) is 7.98. The van der Waals surface area contributed by atoms with E-state index >= 15 is 0 Å². The molecular weight excluding hydrogens is 198 g/mol. The van der Waals surface area contributed by atoms with Crippen LogP contribution in [-0.4, -0.2) is 15.8 Å². The summed E-state index contributed by atoms with van der Waals surface area (Å²) in [6, 6.07) is 1.13. The predicted molar refractivity (Wildman–Crippen MR) is 66.2 cm³/mol. The number of rotatable bonds is 4. The molecule has 0 radical (unpaired) electrons. The van der Waals surface area contributed by atoms with E-state index in [1.54, 1.807) is 0 Å². The van der Waals surface area contributed by atoms with E-state index in [1.165, 1.54) is 31.2 Å². The molecule has 3 atom stereocenters. The van der Waals surface area contributed by atoms with Crippen molar-refractivity contribution in [1.29, 1.82) is 0 Å². The Morgan fingerprint density at radius 2 is 2.38 bits per heavy atom. The van der Waals surface area contributed by atoms with Gasteiger partial charge in [-0.15, -0.1) is 0 Å². The Bertz CT molecular complexity index is 332. The minimum Gasteiger partial charge on any atom is -0.307 e. The summed E-state index contributed by atoms with van der Waals surface area (Å²) in [6.45, 7) is 4.54. The predicted octanol–water partition coefficient (Wildman–Crippen LogP) is 2.65. The molecule has 1 aromatic heterocycles. The fraction of sp³-hybridized carbons (Fsp3) is 0.769. The van der Waals surface area contributed by atoms with Crippen LogP contribution in [0.15, 0.2) is 12.4 Å². The monoisotopic (exact) mass is 221 g/mol. The van der Waals surface area contributed by atoms with Crippen LogP contribution in [0.1, 0.15) is 51.1 Å². The third-order valence-corrected chi connectivity index (χ3v) is 3.87. The van der Waals surface area contributed by atoms with Crippen molar-refractivity contribution in [3.63, 3.8) is 0 Å². The molecule has 3 nitrogen and oxygen atoms in total. The Morgan fingerprint density at radius 1 is 1.56 bits per heavy atom. The highest BCUT2D eigenvalue weighted by Crippen LogP contribution is 2.29. The van der Waals surface area contributed by atoms with Gasteiger partial charge < -0.3 is 5.32 Å². The van der Waals surface area contributed by atoms with Crippen LogP contribution in [0.5, 0.6) is 0 Å². The van der Waals surface area contributed by atoms with E-state index in [9.17, 15) is 0 Å². The molecule has 3 heteroatoms. The highest BCUT2D eigenvalue weighted by molar-refractivity contribution is 5.09. The first kappa shape index (κ1) is 11.6. The van der Waals surface area contributed by atoms with Crippen LogP contribution in [0.4, 0.5) is 0 Å². The van der Waals surface area contributed by atoms with E-state index in [1.807, 2.05) is 17.9 Å². The lowest BCUT2D eigenvalue weighted by Crippen LogP contribution is -2.34. The maximum absolute atomic E-state index is 4.23. The van der Waals surface area contributed by atoms with Gasteiger partial charge in [-0.25, -0.2) is 0 Å². The molecule has 0 aliphatic heterocycles. The summed E-state index contributed by atoms with van der Waals surface area (Å²) in [5.41, 5.74) is 1.30. The Labute approximate surface area is 98.2 Å². The molecule has 0 aromatic carbocycles. The van der Waals surface area contributed by atoms with Crippen LogP contribution in [-0.2, 0) is 7.05 Å². The molecule has 16 heavy (non-hydrogen) atoms. The van der Waals surface area contributed by atoms with Gasteiger partial charge in [0.25, 0.3) is 0 Å². The Hall–Kier alpha value is -0.830. The van der Waals surface area contributed by atoms with Gasteiger partial charge in [-0.3, -0.25) is 4.68 Å². The van der Waals surface area contributed by atoms with E-state index in [0.717, 1.165) is 5.92 Å². The van der Waals surface area contributed by atoms with Crippen LogP contribution < -0.4 is 5.32 Å². The van der Waals surface area contributed by atoms with Crippen LogP contribution in [0.25, 0.3) is 0 Å². The van der Waals surface area contributed by atoms with E-state index < -0.39 is 0 Å². The third-order valence-electron chi connectivity index (χ3n) is 3.87. The lowest BCUT2D eigenvalue weighted by molar-refractivity contribution is 0.360. The van der Waals surface area contributed by atoms with Crippen molar-refractivity contribution < 1.29 is 0 Å². The maximum atomic E-state index is 4.23. The highest BCUT2D eigenvalue weighted by Gasteiger charge is 2.26. The van der Waals surface area contributed by atoms with E-state index in [2.05, 4.69) is 30.5 Å². The van der Waals surface area contributed by atoms with Gasteiger partial charge in [0, 0.05) is 30.9 Å². The quantitative estimate of drug-likeness (QED) is 0.847. The molecule has 0 amide bonds. The van der Waals surface area contributed by atoms with Crippen molar-refractivity contribution in [2.45, 2.75) is 51.6 Å². The van der Waals surface area contributed by atoms with Gasteiger partial charge in [0.2, 0.25) is 0 Å². The fourth-order valence-corrected chi connectivity index (χ4v) is 2.83. The normalized spacial score (nSPS) is 27.2. The summed E-state index contributed by atoms with van der Waals surface area (Å²) < 4.78 is 1.87. The molecule has 0 saturated heterocycles. The number of aromatic nitrogens is 2. The SMILES string of the molecule is CCC1CCCC1NC(C)c1cnn(C)c1. The van der Waals surface area contributed by atoms with Crippen LogP contribution in [0.2, 0.25) is 0 Å². The van der Waals surface area contributed by atoms with Gasteiger partial charge in [0.1, 0.15) is 0 Å². The zero-order chi connectivity index (χ0) is 11.5. The van der Waals surface area contributed by atoms with E-state index in [4.69, 9.17) is 0 Å². The maximum Gasteiger partial charge on any atom is 0.0537 e. The number of aryl methyl sites for hydroxylation is 1. The van der Waals surface area contributed by atoms with Crippen molar-refractivity contribution >= 4 is 0 Å². The first-order chi connectivity index (χ1) is 7.70. The second-order valence-electron chi connectivity index (χ2n) is 5.04. The average Bonchev–Trinajstić information content (AvgIpc) is 2.86. The first-order valence-corrected chi connectivity index (χ1v) is 6.45. The lowest BCUT2D eigenvalue weighted by Gasteiger charge is -2.23. The molecule has 0 bridgehead atoms. The van der Waals surface area contributed by atoms with Crippen molar-refractivity contribution in [2.75, 3.05) is 0 Å². The van der Waals surface area contributed by atoms with Gasteiger partial charge >= 0.3 is 0 Å². The van der Waals surface area contributed by atoms with Gasteiger partial charge in [0.05, 0.1) is 6.20 Å². The molecular formula is C13H23N3. The van der Waals surface area contributed by atoms with Gasteiger partial charge in [-0.05, 0) is 25.7 Å². The minimum absolute atomic E-state index is 0.422. The second-order valence-corrected chi connectivity index (χ2v) is 5.04. The van der Waals surface area contributed by atoms with Gasteiger partial charge in [-0.1, -0.05) is 19.8 Å². The standard InChI is InChI=1S/C13H23N3/c1-4-11-6-5-7-13(11)15-10(2)12-8-14-16(3)9-12/h8-11,13,15H,4-7H2,1-3H3. The second kappa shape index (κ2) is 5.00. The van der Waals surface area contributed by atoms with Crippen molar-refractivity contribution in [3.05, 3.63) is 18.0 Å². The van der Waals surface area contributed by atoms with Crippen LogP contribution in [0, 0.1) is 5.92 Å². The fourth-order valence-electron chi connectivity index (χ4n) is 2.83. The minimum atomic E-state index is 0.422. The van der Waals surface area contributed by atoms with E-state index in [0.29, 0.717) is 12.1 Å². The van der Waals surface area contributed by atoms with Gasteiger partial charge in [-0.2, -0.15) is 5.10 Å². The average molecular weight is 221 g/mol. The summed E-state index contributed by atoms with van der Waals surface area (Å²) in [5.74, 6) is 0.874. The largest absolute Gasteiger partial charge is 0.307 e. The molecule has 1 aromatic rings. The van der Waals surface area contributed by atoms with Crippen molar-refractivity contribution in [1.82, 2.24) is 15.1 Å². The van der Waals surface area contributed by atoms with E-state index in [-0.39, 0.29) is 0 Å². The zero-order valence-electron chi connectivity index (χ0n) is 10.6. The number of hydrogen-bond acceptors (Lipinski definition) is 2. The summed E-state index contributed by atoms with van der Waals surface area (Å²) in [4.78, 5) is 0. The van der Waals surface area contributed by atoms with Gasteiger partial charge in [0.15, 0.2) is 0 Å². The molecule has 1 heterocycles. The lowest BCUT2D eigenvalue weighted by atomic mass is 9.99. The molecule has 2 rings (SSSR count). The molecule has 3 unspecified atom stereocenters. The smallest absolute Gasteiger partial charge is 0.0537 e. The number of nitrogens with zero attached hydrogens (tertiary/aromatic N) is 2. The van der Waals surface area contributed by atoms with Crippen LogP contribution in [0.3, 0.4) is 0 Å². The third kappa shape index (κ3) is 2.46. The molecule has 0 spiro atoms. The summed E-state index contributed by atoms with van der Waals surface area (Å²) >= 11 is 0. The first-order valence-electron chi connectivity index (χ1n) is 6.45. The molecule has 1 aliphatic rings. The number of hydrogen-bond donors (Lipinski definition) is 1. The van der Waals surface area contributed by atoms with Crippen molar-refractivity contribution in [3.8, 4) is 0 Å². The molecule has 1 aliphatic carbocycles. The zero-order valence-corrected chi connectivity index (χ0v) is 10.6. The summed E-state index contributed by atoms with van der Waals surface area (Å²) in [7, 11) is 1.97.